The third-order valence-electron chi connectivity index (χ3n) is 4.12. The number of fused-ring (bicyclic) bond motifs is 1. The topological polar surface area (TPSA) is 26.3 Å². The van der Waals surface area contributed by atoms with Gasteiger partial charge in [0.2, 0.25) is 0 Å². The van der Waals surface area contributed by atoms with E-state index in [1.54, 1.807) is 0 Å². The Bertz CT molecular complexity index is 833. The van der Waals surface area contributed by atoms with Gasteiger partial charge in [-0.15, -0.1) is 11.8 Å². The van der Waals surface area contributed by atoms with Crippen molar-refractivity contribution in [2.75, 3.05) is 6.61 Å². The summed E-state index contributed by atoms with van der Waals surface area (Å²) >= 11 is 1.01. The van der Waals surface area contributed by atoms with Crippen LogP contribution in [0.3, 0.4) is 0 Å². The van der Waals surface area contributed by atoms with E-state index < -0.39 is 34.5 Å². The molecule has 0 aliphatic carbocycles. The summed E-state index contributed by atoms with van der Waals surface area (Å²) in [6, 6.07) is 6.19. The first-order valence-electron chi connectivity index (χ1n) is 7.63. The molecule has 2 atom stereocenters. The lowest BCUT2D eigenvalue weighted by Gasteiger charge is -2.32. The van der Waals surface area contributed by atoms with Crippen molar-refractivity contribution in [2.24, 2.45) is 5.92 Å². The number of ketones is 1. The van der Waals surface area contributed by atoms with Crippen molar-refractivity contribution in [1.82, 2.24) is 0 Å². The van der Waals surface area contributed by atoms with E-state index >= 15 is 0 Å². The number of halogens is 5. The van der Waals surface area contributed by atoms with E-state index in [4.69, 9.17) is 4.74 Å². The smallest absolute Gasteiger partial charge is 0.416 e. The van der Waals surface area contributed by atoms with Crippen LogP contribution < -0.4 is 4.74 Å². The van der Waals surface area contributed by atoms with Gasteiger partial charge in [0.05, 0.1) is 23.3 Å². The summed E-state index contributed by atoms with van der Waals surface area (Å²) in [4.78, 5) is 12.3. The van der Waals surface area contributed by atoms with Crippen LogP contribution in [0.25, 0.3) is 0 Å². The van der Waals surface area contributed by atoms with Crippen molar-refractivity contribution in [3.05, 3.63) is 59.2 Å². The molecule has 1 heterocycles. The molecule has 0 fully saturated rings. The average molecular weight is 388 g/mol. The molecule has 0 unspecified atom stereocenters. The predicted molar refractivity (Wildman–Crippen MR) is 86.1 cm³/mol. The van der Waals surface area contributed by atoms with Gasteiger partial charge in [-0.25, -0.2) is 8.78 Å². The van der Waals surface area contributed by atoms with Crippen LogP contribution in [0, 0.1) is 17.6 Å². The lowest BCUT2D eigenvalue weighted by molar-refractivity contribution is -0.137. The van der Waals surface area contributed by atoms with Crippen molar-refractivity contribution in [3.63, 3.8) is 0 Å². The highest BCUT2D eigenvalue weighted by Gasteiger charge is 2.38. The molecule has 1 aliphatic heterocycles. The molecule has 138 valence electrons. The lowest BCUT2D eigenvalue weighted by atomic mass is 9.92. The maximum absolute atomic E-state index is 14.3. The number of hydrogen-bond donors (Lipinski definition) is 0. The van der Waals surface area contributed by atoms with Gasteiger partial charge in [0, 0.05) is 10.5 Å². The lowest BCUT2D eigenvalue weighted by Crippen LogP contribution is -2.31. The molecule has 0 aromatic heterocycles. The molecule has 2 aromatic carbocycles. The van der Waals surface area contributed by atoms with Gasteiger partial charge in [0.25, 0.3) is 0 Å². The van der Waals surface area contributed by atoms with Crippen LogP contribution in [-0.2, 0) is 11.0 Å². The fraction of sp³-hybridized carbons (Fsp3) is 0.278. The second-order valence-electron chi connectivity index (χ2n) is 5.86. The van der Waals surface area contributed by atoms with E-state index in [1.807, 2.05) is 0 Å². The highest BCUT2D eigenvalue weighted by atomic mass is 32.2. The monoisotopic (exact) mass is 388 g/mol. The van der Waals surface area contributed by atoms with Crippen molar-refractivity contribution >= 4 is 17.5 Å². The van der Waals surface area contributed by atoms with Gasteiger partial charge >= 0.3 is 6.18 Å². The number of ether oxygens (including phenoxy) is 1. The Morgan fingerprint density at radius 1 is 1.08 bits per heavy atom. The van der Waals surface area contributed by atoms with Crippen molar-refractivity contribution < 1.29 is 31.5 Å². The third-order valence-corrected chi connectivity index (χ3v) is 5.48. The fourth-order valence-electron chi connectivity index (χ4n) is 2.76. The Morgan fingerprint density at radius 2 is 1.69 bits per heavy atom. The van der Waals surface area contributed by atoms with Gasteiger partial charge in [-0.2, -0.15) is 13.2 Å². The van der Waals surface area contributed by atoms with E-state index in [-0.39, 0.29) is 23.7 Å². The molecule has 0 saturated heterocycles. The number of benzene rings is 2. The number of hydrogen-bond acceptors (Lipinski definition) is 3. The van der Waals surface area contributed by atoms with Crippen molar-refractivity contribution in [2.45, 2.75) is 23.2 Å². The largest absolute Gasteiger partial charge is 0.489 e. The normalized spacial score (nSPS) is 19.6. The van der Waals surface area contributed by atoms with Gasteiger partial charge in [0.1, 0.15) is 11.6 Å². The van der Waals surface area contributed by atoms with E-state index in [0.717, 1.165) is 36.0 Å². The highest BCUT2D eigenvalue weighted by Crippen LogP contribution is 2.49. The summed E-state index contributed by atoms with van der Waals surface area (Å²) in [5.41, 5.74) is -0.893. The standard InChI is InChI=1S/C18H13F5O2S/c1-9(24)12-8-25-16-14(20)7-6-13(19)15(16)17(12)26-11-4-2-10(3-5-11)18(21,22)23/h2-7,12,17H,8H2,1H3/t12-,17-/m0/s1. The molecule has 0 saturated carbocycles. The van der Waals surface area contributed by atoms with Crippen LogP contribution >= 0.6 is 11.8 Å². The summed E-state index contributed by atoms with van der Waals surface area (Å²) in [6.07, 6.45) is -4.47. The molecular weight excluding hydrogens is 375 g/mol. The zero-order chi connectivity index (χ0) is 19.1. The summed E-state index contributed by atoms with van der Waals surface area (Å²) in [6.45, 7) is 1.19. The molecule has 0 spiro atoms. The molecule has 26 heavy (non-hydrogen) atoms. The van der Waals surface area contributed by atoms with Crippen molar-refractivity contribution in [1.29, 1.82) is 0 Å². The van der Waals surface area contributed by atoms with Gasteiger partial charge in [-0.05, 0) is 43.3 Å². The fourth-order valence-corrected chi connectivity index (χ4v) is 4.12. The van der Waals surface area contributed by atoms with Crippen LogP contribution in [0.15, 0.2) is 41.3 Å². The van der Waals surface area contributed by atoms with E-state index in [0.29, 0.717) is 4.90 Å². The highest BCUT2D eigenvalue weighted by molar-refractivity contribution is 7.99. The summed E-state index contributed by atoms with van der Waals surface area (Å²) in [5, 5.41) is -0.802. The number of alkyl halides is 3. The minimum Gasteiger partial charge on any atom is -0.489 e. The maximum Gasteiger partial charge on any atom is 0.416 e. The minimum absolute atomic E-state index is 0.0821. The Kier molecular flexibility index (Phi) is 4.96. The molecule has 0 N–H and O–H groups in total. The maximum atomic E-state index is 14.3. The molecule has 1 aliphatic rings. The van der Waals surface area contributed by atoms with Gasteiger partial charge in [-0.1, -0.05) is 0 Å². The van der Waals surface area contributed by atoms with Crippen LogP contribution in [0.4, 0.5) is 22.0 Å². The van der Waals surface area contributed by atoms with Gasteiger partial charge in [0.15, 0.2) is 11.6 Å². The van der Waals surface area contributed by atoms with Crippen LogP contribution in [0.1, 0.15) is 23.3 Å². The van der Waals surface area contributed by atoms with E-state index in [9.17, 15) is 26.7 Å². The SMILES string of the molecule is CC(=O)[C@@H]1COc2c(F)ccc(F)c2[C@H]1Sc1ccc(C(F)(F)F)cc1. The summed E-state index contributed by atoms with van der Waals surface area (Å²) < 4.78 is 71.6. The Balaban J connectivity index is 1.99. The van der Waals surface area contributed by atoms with E-state index in [2.05, 4.69) is 0 Å². The Labute approximate surface area is 150 Å². The molecule has 0 radical (unpaired) electrons. The first kappa shape index (κ1) is 18.7. The van der Waals surface area contributed by atoms with Gasteiger partial charge in [-0.3, -0.25) is 4.79 Å². The van der Waals surface area contributed by atoms with E-state index in [1.165, 1.54) is 19.1 Å². The molecule has 8 heteroatoms. The zero-order valence-corrected chi connectivity index (χ0v) is 14.3. The first-order valence-corrected chi connectivity index (χ1v) is 8.51. The van der Waals surface area contributed by atoms with Crippen LogP contribution in [0.2, 0.25) is 0 Å². The first-order chi connectivity index (χ1) is 12.2. The molecular formula is C18H13F5O2S. The molecule has 0 bridgehead atoms. The minimum atomic E-state index is -4.47. The van der Waals surface area contributed by atoms with Crippen molar-refractivity contribution in [3.8, 4) is 5.75 Å². The number of carbonyl (C=O) groups excluding carboxylic acids is 1. The number of carbonyl (C=O) groups is 1. The third kappa shape index (κ3) is 3.56. The Hall–Kier alpha value is -2.09. The molecule has 3 rings (SSSR count). The predicted octanol–water partition coefficient (Wildman–Crippen LogP) is 5.41. The summed E-state index contributed by atoms with van der Waals surface area (Å²) in [7, 11) is 0. The number of thioether (sulfide) groups is 1. The number of rotatable bonds is 3. The Morgan fingerprint density at radius 3 is 2.27 bits per heavy atom. The summed E-state index contributed by atoms with van der Waals surface area (Å²) in [5.74, 6) is -2.75. The quantitative estimate of drug-likeness (QED) is 0.658. The molecule has 2 nitrogen and oxygen atoms in total. The van der Waals surface area contributed by atoms with Gasteiger partial charge < -0.3 is 4.74 Å². The number of Topliss-reactive ketones (excluding diaryl/α,β-unsaturated/α-hetero) is 1. The second kappa shape index (κ2) is 6.90. The average Bonchev–Trinajstić information content (AvgIpc) is 2.57. The van der Waals surface area contributed by atoms with Crippen LogP contribution in [-0.4, -0.2) is 12.4 Å². The molecule has 0 amide bonds. The van der Waals surface area contributed by atoms with Crippen LogP contribution in [0.5, 0.6) is 5.75 Å². The molecule has 2 aromatic rings. The zero-order valence-electron chi connectivity index (χ0n) is 13.4. The second-order valence-corrected chi connectivity index (χ2v) is 7.08.